The van der Waals surface area contributed by atoms with Crippen molar-refractivity contribution in [1.82, 2.24) is 0 Å². The minimum Gasteiger partial charge on any atom is -0.497 e. The van der Waals surface area contributed by atoms with E-state index in [1.165, 1.54) is 0 Å². The minimum absolute atomic E-state index is 0.0504. The molecule has 0 N–H and O–H groups in total. The van der Waals surface area contributed by atoms with Gasteiger partial charge in [-0.3, -0.25) is 4.79 Å². The fraction of sp³-hybridized carbons (Fsp3) is 0.615. The molecular weight excluding hydrogens is 424 g/mol. The number of carbonyl (C=O) groups is 2. The number of unbranched alkanes of at least 4 members (excludes halogenated alkanes) is 4. The average molecular weight is 461 g/mol. The van der Waals surface area contributed by atoms with Gasteiger partial charge in [-0.15, -0.1) is 0 Å². The van der Waals surface area contributed by atoms with Gasteiger partial charge in [-0.2, -0.15) is 0 Å². The smallest absolute Gasteiger partial charge is 0.342 e. The van der Waals surface area contributed by atoms with Crippen LogP contribution in [0.5, 0.6) is 5.75 Å². The fourth-order valence-electron chi connectivity index (χ4n) is 4.22. The average Bonchev–Trinajstić information content (AvgIpc) is 3.32. The van der Waals surface area contributed by atoms with Crippen molar-refractivity contribution in [2.75, 3.05) is 20.3 Å². The molecule has 3 rings (SSSR count). The summed E-state index contributed by atoms with van der Waals surface area (Å²) in [5, 5.41) is 0. The van der Waals surface area contributed by atoms with E-state index in [1.807, 2.05) is 38.1 Å². The quantitative estimate of drug-likeness (QED) is 0.243. The van der Waals surface area contributed by atoms with Gasteiger partial charge in [0, 0.05) is 12.0 Å². The molecule has 7 nitrogen and oxygen atoms in total. The van der Waals surface area contributed by atoms with Crippen molar-refractivity contribution in [2.24, 2.45) is 0 Å². The van der Waals surface area contributed by atoms with Gasteiger partial charge in [-0.25, -0.2) is 4.79 Å². The first-order valence-corrected chi connectivity index (χ1v) is 11.8. The summed E-state index contributed by atoms with van der Waals surface area (Å²) >= 11 is 0. The Balaban J connectivity index is 1.65. The summed E-state index contributed by atoms with van der Waals surface area (Å²) < 4.78 is 28.5. The van der Waals surface area contributed by atoms with Gasteiger partial charge in [0.1, 0.15) is 30.1 Å². The Morgan fingerprint density at radius 2 is 1.82 bits per heavy atom. The highest BCUT2D eigenvalue weighted by molar-refractivity contribution is 6.19. The van der Waals surface area contributed by atoms with Gasteiger partial charge in [0.2, 0.25) is 0 Å². The second-order valence-corrected chi connectivity index (χ2v) is 9.02. The zero-order valence-corrected chi connectivity index (χ0v) is 20.2. The molecule has 2 heterocycles. The Bertz CT molecular complexity index is 841. The van der Waals surface area contributed by atoms with Gasteiger partial charge in [0.25, 0.3) is 0 Å². The Hall–Kier alpha value is -2.22. The van der Waals surface area contributed by atoms with Crippen LogP contribution in [0.3, 0.4) is 0 Å². The third-order valence-corrected chi connectivity index (χ3v) is 5.91. The van der Waals surface area contributed by atoms with Crippen molar-refractivity contribution in [2.45, 2.75) is 83.9 Å². The van der Waals surface area contributed by atoms with Gasteiger partial charge >= 0.3 is 5.97 Å². The monoisotopic (exact) mass is 460 g/mol. The Labute approximate surface area is 196 Å². The number of esters is 1. The molecule has 0 amide bonds. The predicted octanol–water partition coefficient (Wildman–Crippen LogP) is 4.51. The van der Waals surface area contributed by atoms with Gasteiger partial charge < -0.3 is 23.7 Å². The van der Waals surface area contributed by atoms with Crippen LogP contribution in [0.15, 0.2) is 35.4 Å². The van der Waals surface area contributed by atoms with Crippen LogP contribution in [0.1, 0.15) is 64.9 Å². The molecule has 1 aromatic rings. The van der Waals surface area contributed by atoms with Crippen LogP contribution in [0.25, 0.3) is 0 Å². The summed E-state index contributed by atoms with van der Waals surface area (Å²) in [7, 11) is 1.63. The molecule has 0 aliphatic carbocycles. The van der Waals surface area contributed by atoms with Crippen molar-refractivity contribution in [3.8, 4) is 5.75 Å². The molecule has 1 fully saturated rings. The number of methoxy groups -OCH3 is 1. The van der Waals surface area contributed by atoms with Gasteiger partial charge in [-0.1, -0.05) is 44.7 Å². The molecule has 0 spiro atoms. The van der Waals surface area contributed by atoms with Crippen LogP contribution < -0.4 is 4.74 Å². The molecule has 2 aliphatic heterocycles. The number of ether oxygens (including phenoxy) is 5. The van der Waals surface area contributed by atoms with E-state index < -0.39 is 24.0 Å². The second kappa shape index (κ2) is 11.8. The van der Waals surface area contributed by atoms with Crippen molar-refractivity contribution < 1.29 is 33.3 Å². The molecule has 2 atom stereocenters. The van der Waals surface area contributed by atoms with E-state index in [2.05, 4.69) is 6.92 Å². The molecule has 7 heteroatoms. The van der Waals surface area contributed by atoms with Crippen LogP contribution in [-0.4, -0.2) is 50.1 Å². The van der Waals surface area contributed by atoms with Crippen LogP contribution in [0.4, 0.5) is 0 Å². The number of hydrogen-bond donors (Lipinski definition) is 0. The zero-order valence-electron chi connectivity index (χ0n) is 20.2. The molecule has 0 bridgehead atoms. The topological polar surface area (TPSA) is 80.3 Å². The zero-order chi connectivity index (χ0) is 23.8. The van der Waals surface area contributed by atoms with Crippen molar-refractivity contribution in [3.05, 3.63) is 41.0 Å². The Morgan fingerprint density at radius 1 is 1.09 bits per heavy atom. The molecule has 0 radical (unpaired) electrons. The first kappa shape index (κ1) is 25.4. The van der Waals surface area contributed by atoms with Crippen molar-refractivity contribution in [3.63, 3.8) is 0 Å². The number of rotatable bonds is 13. The fourth-order valence-corrected chi connectivity index (χ4v) is 4.22. The maximum absolute atomic E-state index is 12.9. The lowest BCUT2D eigenvalue weighted by Crippen LogP contribution is -2.31. The maximum atomic E-state index is 12.9. The summed E-state index contributed by atoms with van der Waals surface area (Å²) in [5.74, 6) is -0.801. The summed E-state index contributed by atoms with van der Waals surface area (Å²) in [6.45, 7) is 6.49. The van der Waals surface area contributed by atoms with Crippen molar-refractivity contribution in [1.29, 1.82) is 0 Å². The standard InChI is InChI=1S/C26H36O7/c1-5-6-7-8-9-10-21(27)23-20(16-31-25(23)28)24-22(32-26(2,3)33-24)17-30-15-18-11-13-19(29-4)14-12-18/h11-14,22,24H,5-10,15-17H2,1-4H3/t22-,24-/m1/s1. The molecule has 33 heavy (non-hydrogen) atoms. The lowest BCUT2D eigenvalue weighted by Gasteiger charge is -2.18. The molecular formula is C26H36O7. The van der Waals surface area contributed by atoms with Gasteiger partial charge in [-0.05, 0) is 38.0 Å². The van der Waals surface area contributed by atoms with E-state index in [4.69, 9.17) is 23.7 Å². The maximum Gasteiger partial charge on any atom is 0.342 e. The number of cyclic esters (lactones) is 1. The van der Waals surface area contributed by atoms with Gasteiger partial charge in [0.05, 0.1) is 20.3 Å². The highest BCUT2D eigenvalue weighted by Crippen LogP contribution is 2.36. The predicted molar refractivity (Wildman–Crippen MR) is 123 cm³/mol. The number of ketones is 1. The second-order valence-electron chi connectivity index (χ2n) is 9.02. The molecule has 0 unspecified atom stereocenters. The third-order valence-electron chi connectivity index (χ3n) is 5.91. The van der Waals surface area contributed by atoms with Crippen LogP contribution >= 0.6 is 0 Å². The van der Waals surface area contributed by atoms with Crippen molar-refractivity contribution >= 4 is 11.8 Å². The van der Waals surface area contributed by atoms with Crippen LogP contribution in [-0.2, 0) is 35.1 Å². The van der Waals surface area contributed by atoms with E-state index in [1.54, 1.807) is 7.11 Å². The molecule has 182 valence electrons. The summed E-state index contributed by atoms with van der Waals surface area (Å²) in [6, 6.07) is 7.64. The number of Topliss-reactive ketones (excluding diaryl/α,β-unsaturated/α-hetero) is 1. The summed E-state index contributed by atoms with van der Waals surface area (Å²) in [4.78, 5) is 25.3. The SMILES string of the molecule is CCCCCCCC(=O)C1=C([C@H]2OC(C)(C)O[C@@H]2COCc2ccc(OC)cc2)COC1=O. The molecule has 1 aromatic carbocycles. The van der Waals surface area contributed by atoms with E-state index in [0.29, 0.717) is 18.6 Å². The normalized spacial score (nSPS) is 22.0. The number of carbonyl (C=O) groups excluding carboxylic acids is 2. The molecule has 2 aliphatic rings. The van der Waals surface area contributed by atoms with Crippen LogP contribution in [0, 0.1) is 0 Å². The number of hydrogen-bond acceptors (Lipinski definition) is 7. The molecule has 1 saturated heterocycles. The number of benzene rings is 1. The first-order valence-electron chi connectivity index (χ1n) is 11.8. The summed E-state index contributed by atoms with van der Waals surface area (Å²) in [5.41, 5.74) is 1.71. The van der Waals surface area contributed by atoms with Gasteiger partial charge in [0.15, 0.2) is 11.6 Å². The summed E-state index contributed by atoms with van der Waals surface area (Å²) in [6.07, 6.45) is 4.47. The highest BCUT2D eigenvalue weighted by atomic mass is 16.8. The lowest BCUT2D eigenvalue weighted by atomic mass is 9.96. The minimum atomic E-state index is -0.855. The highest BCUT2D eigenvalue weighted by Gasteiger charge is 2.47. The van der Waals surface area contributed by atoms with Crippen LogP contribution in [0.2, 0.25) is 0 Å². The first-order chi connectivity index (χ1) is 15.8. The molecule has 0 saturated carbocycles. The third kappa shape index (κ3) is 6.88. The van der Waals surface area contributed by atoms with E-state index in [9.17, 15) is 9.59 Å². The molecule has 0 aromatic heterocycles. The Kier molecular flexibility index (Phi) is 9.06. The lowest BCUT2D eigenvalue weighted by molar-refractivity contribution is -0.149. The van der Waals surface area contributed by atoms with E-state index in [-0.39, 0.29) is 24.6 Å². The van der Waals surface area contributed by atoms with E-state index >= 15 is 0 Å². The van der Waals surface area contributed by atoms with E-state index in [0.717, 1.165) is 43.4 Å². The largest absolute Gasteiger partial charge is 0.497 e. The Morgan fingerprint density at radius 3 is 2.52 bits per heavy atom.